The first-order valence-corrected chi connectivity index (χ1v) is 7.66. The van der Waals surface area contributed by atoms with Gasteiger partial charge in [0.05, 0.1) is 11.2 Å². The van der Waals surface area contributed by atoms with Crippen LogP contribution in [-0.4, -0.2) is 32.0 Å². The molecule has 0 aliphatic carbocycles. The number of thiazole rings is 1. The van der Waals surface area contributed by atoms with E-state index in [0.29, 0.717) is 10.8 Å². The lowest BCUT2D eigenvalue weighted by Crippen LogP contribution is -2.36. The van der Waals surface area contributed by atoms with Gasteiger partial charge >= 0.3 is 0 Å². The molecule has 0 bridgehead atoms. The normalized spacial score (nSPS) is 25.1. The largest absolute Gasteiger partial charge is 0.355 e. The molecule has 0 radical (unpaired) electrons. The Hall–Kier alpha value is -0.700. The van der Waals surface area contributed by atoms with E-state index >= 15 is 0 Å². The highest BCUT2D eigenvalue weighted by atomic mass is 32.2. The summed E-state index contributed by atoms with van der Waals surface area (Å²) in [6, 6.07) is 0. The molecule has 1 aromatic heterocycles. The Balaban J connectivity index is 2.24. The average molecular weight is 276 g/mol. The molecule has 2 heterocycles. The van der Waals surface area contributed by atoms with Gasteiger partial charge in [0.15, 0.2) is 9.34 Å². The van der Waals surface area contributed by atoms with Crippen LogP contribution in [0.3, 0.4) is 0 Å². The first kappa shape index (κ1) is 12.7. The minimum Gasteiger partial charge on any atom is -0.355 e. The van der Waals surface area contributed by atoms with Crippen molar-refractivity contribution in [3.63, 3.8) is 0 Å². The average Bonchev–Trinajstić information content (AvgIpc) is 2.72. The Bertz CT molecular complexity index is 517. The second-order valence-corrected chi connectivity index (χ2v) is 7.31. The van der Waals surface area contributed by atoms with E-state index in [1.165, 1.54) is 0 Å². The van der Waals surface area contributed by atoms with E-state index in [0.717, 1.165) is 30.8 Å². The summed E-state index contributed by atoms with van der Waals surface area (Å²) in [6.45, 7) is 5.53. The maximum Gasteiger partial charge on any atom is 0.249 e. The Kier molecular flexibility index (Phi) is 3.15. The minimum atomic E-state index is -3.67. The van der Waals surface area contributed by atoms with E-state index in [9.17, 15) is 8.42 Å². The Morgan fingerprint density at radius 1 is 1.59 bits per heavy atom. The number of primary sulfonamides is 1. The highest BCUT2D eigenvalue weighted by Gasteiger charge is 2.30. The third-order valence-corrected chi connectivity index (χ3v) is 5.42. The number of nitrogens with two attached hydrogens (primary N) is 1. The zero-order valence-corrected chi connectivity index (χ0v) is 11.4. The molecule has 17 heavy (non-hydrogen) atoms. The zero-order chi connectivity index (χ0) is 12.7. The molecule has 2 rings (SSSR count). The summed E-state index contributed by atoms with van der Waals surface area (Å²) in [7, 11) is -3.67. The number of anilines is 1. The fraction of sp³-hybridized carbons (Fsp3) is 0.667. The van der Waals surface area contributed by atoms with Gasteiger partial charge in [-0.15, -0.1) is 0 Å². The van der Waals surface area contributed by atoms with E-state index in [1.807, 2.05) is 0 Å². The lowest BCUT2D eigenvalue weighted by Gasteiger charge is -2.23. The molecule has 8 heteroatoms. The molecule has 0 amide bonds. The molecule has 0 saturated carbocycles. The third-order valence-electron chi connectivity index (χ3n) is 2.79. The summed E-state index contributed by atoms with van der Waals surface area (Å²) in [5.74, 6) is 0. The maximum atomic E-state index is 11.3. The minimum absolute atomic E-state index is 0.0695. The van der Waals surface area contributed by atoms with E-state index in [2.05, 4.69) is 22.5 Å². The monoisotopic (exact) mass is 276 g/mol. The third kappa shape index (κ3) is 2.76. The molecule has 1 atom stereocenters. The smallest absolute Gasteiger partial charge is 0.249 e. The van der Waals surface area contributed by atoms with Gasteiger partial charge < -0.3 is 10.6 Å². The van der Waals surface area contributed by atoms with Crippen molar-refractivity contribution in [3.05, 3.63) is 5.69 Å². The van der Waals surface area contributed by atoms with Gasteiger partial charge in [0, 0.05) is 6.54 Å². The summed E-state index contributed by atoms with van der Waals surface area (Å²) in [5, 5.41) is 12.3. The summed E-state index contributed by atoms with van der Waals surface area (Å²) in [5.41, 5.74) is 0.384. The molecular formula is C9H16N4O2S2. The molecule has 96 valence electrons. The number of rotatable bonds is 3. The van der Waals surface area contributed by atoms with Crippen LogP contribution < -0.4 is 15.8 Å². The van der Waals surface area contributed by atoms with Gasteiger partial charge in [-0.05, 0) is 26.8 Å². The summed E-state index contributed by atoms with van der Waals surface area (Å²) in [6.07, 6.45) is 0.982. The highest BCUT2D eigenvalue weighted by Crippen LogP contribution is 2.29. The van der Waals surface area contributed by atoms with E-state index in [-0.39, 0.29) is 9.75 Å². The Labute approximate surface area is 105 Å². The number of nitrogens with one attached hydrogen (secondary N) is 2. The van der Waals surface area contributed by atoms with Crippen molar-refractivity contribution in [2.24, 2.45) is 5.14 Å². The van der Waals surface area contributed by atoms with Crippen LogP contribution >= 0.6 is 11.3 Å². The second-order valence-electron chi connectivity index (χ2n) is 4.55. The van der Waals surface area contributed by atoms with Gasteiger partial charge in [0.25, 0.3) is 0 Å². The predicted molar refractivity (Wildman–Crippen MR) is 67.7 cm³/mol. The first-order valence-electron chi connectivity index (χ1n) is 5.29. The summed E-state index contributed by atoms with van der Waals surface area (Å²) < 4.78 is 22.7. The maximum absolute atomic E-state index is 11.3. The van der Waals surface area contributed by atoms with Crippen LogP contribution in [-0.2, 0) is 10.0 Å². The van der Waals surface area contributed by atoms with Crippen LogP contribution in [0.1, 0.15) is 19.0 Å². The van der Waals surface area contributed by atoms with Crippen LogP contribution in [0.2, 0.25) is 0 Å². The molecule has 1 fully saturated rings. The zero-order valence-electron chi connectivity index (χ0n) is 9.78. The van der Waals surface area contributed by atoms with Crippen molar-refractivity contribution in [2.45, 2.75) is 30.0 Å². The SMILES string of the molecule is Cc1nc(NC2(C)CCNC2)sc1S(N)(=O)=O. The van der Waals surface area contributed by atoms with Gasteiger partial charge in [0.1, 0.15) is 0 Å². The molecule has 1 saturated heterocycles. The lowest BCUT2D eigenvalue weighted by atomic mass is 10.0. The molecule has 1 unspecified atom stereocenters. The van der Waals surface area contributed by atoms with Gasteiger partial charge in [-0.3, -0.25) is 0 Å². The fourth-order valence-electron chi connectivity index (χ4n) is 1.88. The van der Waals surface area contributed by atoms with Crippen molar-refractivity contribution in [1.29, 1.82) is 0 Å². The molecule has 1 aliphatic heterocycles. The van der Waals surface area contributed by atoms with Gasteiger partial charge in [-0.1, -0.05) is 11.3 Å². The Morgan fingerprint density at radius 3 is 2.76 bits per heavy atom. The van der Waals surface area contributed by atoms with Crippen LogP contribution in [0.5, 0.6) is 0 Å². The van der Waals surface area contributed by atoms with Crippen LogP contribution in [0, 0.1) is 6.92 Å². The molecule has 0 spiro atoms. The Morgan fingerprint density at radius 2 is 2.29 bits per heavy atom. The number of aromatic nitrogens is 1. The van der Waals surface area contributed by atoms with Gasteiger partial charge in [-0.25, -0.2) is 18.5 Å². The summed E-state index contributed by atoms with van der Waals surface area (Å²) >= 11 is 1.09. The topological polar surface area (TPSA) is 97.1 Å². The quantitative estimate of drug-likeness (QED) is 0.736. The number of hydrogen-bond donors (Lipinski definition) is 3. The number of sulfonamides is 1. The number of nitrogens with zero attached hydrogens (tertiary/aromatic N) is 1. The van der Waals surface area contributed by atoms with E-state index in [4.69, 9.17) is 5.14 Å². The first-order chi connectivity index (χ1) is 7.80. The molecule has 1 aliphatic rings. The van der Waals surface area contributed by atoms with E-state index < -0.39 is 10.0 Å². The molecule has 1 aromatic rings. The van der Waals surface area contributed by atoms with Gasteiger partial charge in [-0.2, -0.15) is 0 Å². The predicted octanol–water partition coefficient (Wildman–Crippen LogP) is 0.263. The van der Waals surface area contributed by atoms with E-state index in [1.54, 1.807) is 6.92 Å². The standard InChI is InChI=1S/C9H16N4O2S2/c1-6-7(17(10,14)15)16-8(12-6)13-9(2)3-4-11-5-9/h11H,3-5H2,1-2H3,(H,12,13)(H2,10,14,15). The number of hydrogen-bond acceptors (Lipinski definition) is 6. The van der Waals surface area contributed by atoms with Crippen LogP contribution in [0.15, 0.2) is 4.21 Å². The summed E-state index contributed by atoms with van der Waals surface area (Å²) in [4.78, 5) is 4.21. The molecule has 4 N–H and O–H groups in total. The molecular weight excluding hydrogens is 260 g/mol. The molecule has 0 aromatic carbocycles. The fourth-order valence-corrected chi connectivity index (χ4v) is 3.89. The van der Waals surface area contributed by atoms with Crippen LogP contribution in [0.4, 0.5) is 5.13 Å². The van der Waals surface area contributed by atoms with Crippen molar-refractivity contribution >= 4 is 26.5 Å². The van der Waals surface area contributed by atoms with Crippen molar-refractivity contribution in [2.75, 3.05) is 18.4 Å². The molecule has 6 nitrogen and oxygen atoms in total. The van der Waals surface area contributed by atoms with Crippen molar-refractivity contribution in [3.8, 4) is 0 Å². The number of aryl methyl sites for hydroxylation is 1. The lowest BCUT2D eigenvalue weighted by molar-refractivity contribution is 0.566. The highest BCUT2D eigenvalue weighted by molar-refractivity contribution is 7.91. The van der Waals surface area contributed by atoms with Crippen molar-refractivity contribution < 1.29 is 8.42 Å². The van der Waals surface area contributed by atoms with Crippen LogP contribution in [0.25, 0.3) is 0 Å². The second kappa shape index (κ2) is 4.20. The van der Waals surface area contributed by atoms with Gasteiger partial charge in [0.2, 0.25) is 10.0 Å². The van der Waals surface area contributed by atoms with Crippen molar-refractivity contribution in [1.82, 2.24) is 10.3 Å².